The highest BCUT2D eigenvalue weighted by molar-refractivity contribution is 5.98. The van der Waals surface area contributed by atoms with Crippen LogP contribution in [-0.4, -0.2) is 14.8 Å². The predicted molar refractivity (Wildman–Crippen MR) is 83.6 cm³/mol. The van der Waals surface area contributed by atoms with Crippen molar-refractivity contribution < 1.29 is 4.39 Å². The van der Waals surface area contributed by atoms with Gasteiger partial charge in [-0.05, 0) is 36.4 Å². The van der Waals surface area contributed by atoms with Crippen molar-refractivity contribution >= 4 is 27.8 Å². The Bertz CT molecular complexity index is 1060. The summed E-state index contributed by atoms with van der Waals surface area (Å²) in [7, 11) is 0. The van der Waals surface area contributed by atoms with Crippen molar-refractivity contribution in [2.75, 3.05) is 5.73 Å². The van der Waals surface area contributed by atoms with Crippen LogP contribution in [0.3, 0.4) is 0 Å². The molecular weight excluding hydrogens is 283 g/mol. The van der Waals surface area contributed by atoms with Gasteiger partial charge < -0.3 is 5.73 Å². The van der Waals surface area contributed by atoms with E-state index in [1.807, 2.05) is 12.1 Å². The van der Waals surface area contributed by atoms with Gasteiger partial charge in [-0.15, -0.1) is 0 Å². The van der Waals surface area contributed by atoms with E-state index >= 15 is 0 Å². The molecule has 0 saturated heterocycles. The van der Waals surface area contributed by atoms with Gasteiger partial charge in [-0.3, -0.25) is 14.5 Å². The van der Waals surface area contributed by atoms with Crippen LogP contribution in [0.4, 0.5) is 10.2 Å². The van der Waals surface area contributed by atoms with E-state index in [9.17, 15) is 9.18 Å². The highest BCUT2D eigenvalue weighted by Gasteiger charge is 2.16. The summed E-state index contributed by atoms with van der Waals surface area (Å²) in [6.07, 6.45) is 0. The monoisotopic (exact) mass is 294 g/mol. The van der Waals surface area contributed by atoms with Crippen molar-refractivity contribution in [1.82, 2.24) is 14.8 Å². The average Bonchev–Trinajstić information content (AvgIpc) is 2.91. The normalized spacial score (nSPS) is 11.3. The molecule has 6 heteroatoms. The van der Waals surface area contributed by atoms with Gasteiger partial charge in [0.25, 0.3) is 0 Å². The van der Waals surface area contributed by atoms with Crippen molar-refractivity contribution in [1.29, 1.82) is 0 Å². The number of aromatic amines is 1. The molecular formula is C16H11FN4O. The Hall–Kier alpha value is -3.15. The minimum Gasteiger partial charge on any atom is -0.383 e. The summed E-state index contributed by atoms with van der Waals surface area (Å²) in [6.45, 7) is 0. The molecule has 5 nitrogen and oxygen atoms in total. The molecule has 3 N–H and O–H groups in total. The first-order chi connectivity index (χ1) is 10.7. The Labute approximate surface area is 123 Å². The summed E-state index contributed by atoms with van der Waals surface area (Å²) >= 11 is 0. The SMILES string of the molecule is Nc1[nH]nc2c1c(=O)c1ccccc1n2-c1ccc(F)cc1. The lowest BCUT2D eigenvalue weighted by Gasteiger charge is -2.12. The van der Waals surface area contributed by atoms with E-state index in [1.165, 1.54) is 12.1 Å². The van der Waals surface area contributed by atoms with Crippen LogP contribution < -0.4 is 11.2 Å². The third-order valence-corrected chi connectivity index (χ3v) is 3.69. The Balaban J connectivity index is 2.26. The number of para-hydroxylation sites is 1. The second-order valence-corrected chi connectivity index (χ2v) is 4.99. The molecule has 0 amide bonds. The molecule has 0 atom stereocenters. The van der Waals surface area contributed by atoms with Gasteiger partial charge in [0.15, 0.2) is 5.65 Å². The Morgan fingerprint density at radius 3 is 2.59 bits per heavy atom. The van der Waals surface area contributed by atoms with Gasteiger partial charge in [-0.1, -0.05) is 12.1 Å². The average molecular weight is 294 g/mol. The van der Waals surface area contributed by atoms with Crippen molar-refractivity contribution in [3.8, 4) is 5.69 Å². The molecule has 22 heavy (non-hydrogen) atoms. The number of pyridine rings is 1. The molecule has 0 saturated carbocycles. The maximum atomic E-state index is 13.2. The number of nitrogens with zero attached hydrogens (tertiary/aromatic N) is 2. The van der Waals surface area contributed by atoms with Crippen molar-refractivity contribution in [2.45, 2.75) is 0 Å². The molecule has 2 aromatic heterocycles. The molecule has 2 aromatic carbocycles. The quantitative estimate of drug-likeness (QED) is 0.566. The molecule has 2 heterocycles. The number of H-pyrrole nitrogens is 1. The minimum absolute atomic E-state index is 0.171. The van der Waals surface area contributed by atoms with Gasteiger partial charge in [0.05, 0.1) is 5.52 Å². The van der Waals surface area contributed by atoms with Gasteiger partial charge in [0, 0.05) is 11.1 Å². The van der Waals surface area contributed by atoms with Gasteiger partial charge >= 0.3 is 0 Å². The zero-order chi connectivity index (χ0) is 15.3. The van der Waals surface area contributed by atoms with Crippen LogP contribution >= 0.6 is 0 Å². The first-order valence-corrected chi connectivity index (χ1v) is 6.70. The molecule has 0 radical (unpaired) electrons. The van der Waals surface area contributed by atoms with E-state index in [4.69, 9.17) is 5.73 Å². The molecule has 0 aliphatic carbocycles. The lowest BCUT2D eigenvalue weighted by Crippen LogP contribution is -2.10. The maximum Gasteiger partial charge on any atom is 0.202 e. The lowest BCUT2D eigenvalue weighted by atomic mass is 10.1. The first-order valence-electron chi connectivity index (χ1n) is 6.70. The molecule has 4 aromatic rings. The number of aromatic nitrogens is 3. The molecule has 4 rings (SSSR count). The van der Waals surface area contributed by atoms with Gasteiger partial charge in [0.2, 0.25) is 5.43 Å². The van der Waals surface area contributed by atoms with E-state index in [1.54, 1.807) is 28.8 Å². The Morgan fingerprint density at radius 2 is 1.82 bits per heavy atom. The summed E-state index contributed by atoms with van der Waals surface area (Å²) in [4.78, 5) is 12.6. The lowest BCUT2D eigenvalue weighted by molar-refractivity contribution is 0.627. The highest BCUT2D eigenvalue weighted by Crippen LogP contribution is 2.24. The minimum atomic E-state index is -0.327. The molecule has 0 aliphatic rings. The number of hydrogen-bond acceptors (Lipinski definition) is 3. The largest absolute Gasteiger partial charge is 0.383 e. The topological polar surface area (TPSA) is 76.7 Å². The van der Waals surface area contributed by atoms with Gasteiger partial charge in [-0.2, -0.15) is 5.10 Å². The number of fused-ring (bicyclic) bond motifs is 2. The van der Waals surface area contributed by atoms with Crippen molar-refractivity contribution in [3.63, 3.8) is 0 Å². The molecule has 0 aliphatic heterocycles. The molecule has 0 fully saturated rings. The molecule has 108 valence electrons. The van der Waals surface area contributed by atoms with Crippen LogP contribution in [0.1, 0.15) is 0 Å². The summed E-state index contributed by atoms with van der Waals surface area (Å²) in [5.41, 5.74) is 7.50. The number of halogens is 1. The van der Waals surface area contributed by atoms with Crippen molar-refractivity contribution in [2.24, 2.45) is 0 Å². The smallest absolute Gasteiger partial charge is 0.202 e. The van der Waals surface area contributed by atoms with Crippen LogP contribution in [0.25, 0.3) is 27.6 Å². The van der Waals surface area contributed by atoms with Crippen LogP contribution in [0.15, 0.2) is 53.3 Å². The fourth-order valence-electron chi connectivity index (χ4n) is 2.69. The highest BCUT2D eigenvalue weighted by atomic mass is 19.1. The van der Waals surface area contributed by atoms with E-state index < -0.39 is 0 Å². The summed E-state index contributed by atoms with van der Waals surface area (Å²) in [5.74, 6) is -0.103. The van der Waals surface area contributed by atoms with Crippen molar-refractivity contribution in [3.05, 3.63) is 64.6 Å². The summed E-state index contributed by atoms with van der Waals surface area (Å²) in [5, 5.41) is 7.66. The fourth-order valence-corrected chi connectivity index (χ4v) is 2.69. The Morgan fingerprint density at radius 1 is 1.09 bits per heavy atom. The third-order valence-electron chi connectivity index (χ3n) is 3.69. The van der Waals surface area contributed by atoms with E-state index in [0.717, 1.165) is 0 Å². The number of nitrogens with one attached hydrogen (secondary N) is 1. The van der Waals surface area contributed by atoms with Crippen LogP contribution in [0.2, 0.25) is 0 Å². The van der Waals surface area contributed by atoms with E-state index in [0.29, 0.717) is 27.6 Å². The molecule has 0 unspecified atom stereocenters. The zero-order valence-electron chi connectivity index (χ0n) is 11.4. The van der Waals surface area contributed by atoms with Crippen LogP contribution in [0, 0.1) is 5.82 Å². The second-order valence-electron chi connectivity index (χ2n) is 4.99. The number of rotatable bonds is 1. The Kier molecular flexibility index (Phi) is 2.53. The fraction of sp³-hybridized carbons (Fsp3) is 0. The second kappa shape index (κ2) is 4.42. The van der Waals surface area contributed by atoms with E-state index in [2.05, 4.69) is 10.2 Å². The number of hydrogen-bond donors (Lipinski definition) is 2. The number of nitrogen functional groups attached to an aromatic ring is 1. The maximum absolute atomic E-state index is 13.2. The molecule has 0 spiro atoms. The van der Waals surface area contributed by atoms with Gasteiger partial charge in [0.1, 0.15) is 17.0 Å². The molecule has 0 bridgehead atoms. The zero-order valence-corrected chi connectivity index (χ0v) is 11.4. The standard InChI is InChI=1S/C16H11FN4O/c17-9-5-7-10(8-6-9)21-12-4-2-1-3-11(12)14(22)13-15(18)19-20-16(13)21/h1-8H,(H3,18,19,20). The number of anilines is 1. The van der Waals surface area contributed by atoms with E-state index in [-0.39, 0.29) is 17.1 Å². The summed E-state index contributed by atoms with van der Waals surface area (Å²) < 4.78 is 15.0. The number of benzene rings is 2. The third kappa shape index (κ3) is 1.64. The summed E-state index contributed by atoms with van der Waals surface area (Å²) in [6, 6.07) is 13.2. The van der Waals surface area contributed by atoms with Crippen LogP contribution in [-0.2, 0) is 0 Å². The number of nitrogens with two attached hydrogens (primary N) is 1. The first kappa shape index (κ1) is 12.6. The van der Waals surface area contributed by atoms with Gasteiger partial charge in [-0.25, -0.2) is 4.39 Å². The predicted octanol–water partition coefficient (Wildman–Crippen LogP) is 2.59. The van der Waals surface area contributed by atoms with Crippen LogP contribution in [0.5, 0.6) is 0 Å².